The second kappa shape index (κ2) is 3.63. The van der Waals surface area contributed by atoms with Gasteiger partial charge in [0.15, 0.2) is 0 Å². The van der Waals surface area contributed by atoms with Crippen molar-refractivity contribution in [3.8, 4) is 11.1 Å². The molecule has 0 aliphatic heterocycles. The molecule has 2 heterocycles. The molecule has 0 saturated carbocycles. The summed E-state index contributed by atoms with van der Waals surface area (Å²) in [6.07, 6.45) is 3.51. The molecule has 0 aliphatic carbocycles. The molecule has 2 aromatic heterocycles. The van der Waals surface area contributed by atoms with Crippen molar-refractivity contribution in [1.29, 1.82) is 0 Å². The molecule has 0 aromatic carbocycles. The first-order valence-electron chi connectivity index (χ1n) is 4.16. The van der Waals surface area contributed by atoms with Crippen molar-refractivity contribution in [2.45, 2.75) is 0 Å². The first-order valence-corrected chi connectivity index (χ1v) is 4.93. The topological polar surface area (TPSA) is 63.8 Å². The number of aromatic nitrogens is 2. The summed E-state index contributed by atoms with van der Waals surface area (Å²) in [7, 11) is 1.85. The Morgan fingerprint density at radius 1 is 1.50 bits per heavy atom. The van der Waals surface area contributed by atoms with Crippen molar-refractivity contribution in [2.75, 3.05) is 18.1 Å². The van der Waals surface area contributed by atoms with Crippen LogP contribution in [0.2, 0.25) is 0 Å². The zero-order valence-electron chi connectivity index (χ0n) is 7.69. The van der Waals surface area contributed by atoms with E-state index >= 15 is 0 Å². The molecule has 0 fully saturated rings. The summed E-state index contributed by atoms with van der Waals surface area (Å²) < 4.78 is 4.09. The van der Waals surface area contributed by atoms with Crippen molar-refractivity contribution in [2.24, 2.45) is 0 Å². The van der Waals surface area contributed by atoms with Crippen LogP contribution in [-0.4, -0.2) is 16.4 Å². The van der Waals surface area contributed by atoms with Gasteiger partial charge in [-0.1, -0.05) is 6.07 Å². The van der Waals surface area contributed by atoms with Gasteiger partial charge in [0.2, 0.25) is 0 Å². The lowest BCUT2D eigenvalue weighted by Crippen LogP contribution is -1.91. The number of nitrogens with zero attached hydrogens (tertiary/aromatic N) is 2. The van der Waals surface area contributed by atoms with Gasteiger partial charge in [-0.2, -0.15) is 4.37 Å². The summed E-state index contributed by atoms with van der Waals surface area (Å²) in [6, 6.07) is 3.85. The highest BCUT2D eigenvalue weighted by Gasteiger charge is 2.11. The molecule has 0 aliphatic rings. The third kappa shape index (κ3) is 1.42. The molecule has 0 unspecified atom stereocenters. The van der Waals surface area contributed by atoms with Crippen molar-refractivity contribution < 1.29 is 0 Å². The molecule has 0 radical (unpaired) electrons. The first kappa shape index (κ1) is 8.96. The lowest BCUT2D eigenvalue weighted by molar-refractivity contribution is 1.33. The van der Waals surface area contributed by atoms with E-state index in [1.54, 1.807) is 12.4 Å². The van der Waals surface area contributed by atoms with Crippen LogP contribution in [0.5, 0.6) is 0 Å². The molecule has 0 spiro atoms. The number of pyridine rings is 1. The van der Waals surface area contributed by atoms with Gasteiger partial charge in [-0.15, -0.1) is 0 Å². The van der Waals surface area contributed by atoms with Crippen LogP contribution in [0.3, 0.4) is 0 Å². The van der Waals surface area contributed by atoms with Crippen molar-refractivity contribution in [1.82, 2.24) is 9.36 Å². The monoisotopic (exact) mass is 206 g/mol. The number of hydrogen-bond donors (Lipinski definition) is 2. The van der Waals surface area contributed by atoms with Crippen LogP contribution in [0, 0.1) is 0 Å². The summed E-state index contributed by atoms with van der Waals surface area (Å²) >= 11 is 1.36. The van der Waals surface area contributed by atoms with E-state index in [1.165, 1.54) is 11.5 Å². The summed E-state index contributed by atoms with van der Waals surface area (Å²) in [5, 5.41) is 4.03. The molecular weight excluding hydrogens is 196 g/mol. The second-order valence-corrected chi connectivity index (χ2v) is 3.54. The number of nitrogens with one attached hydrogen (secondary N) is 1. The van der Waals surface area contributed by atoms with Gasteiger partial charge in [-0.25, -0.2) is 0 Å². The van der Waals surface area contributed by atoms with E-state index < -0.39 is 0 Å². The number of nitrogen functional groups attached to an aromatic ring is 1. The van der Waals surface area contributed by atoms with Crippen LogP contribution < -0.4 is 11.1 Å². The Morgan fingerprint density at radius 3 is 3.00 bits per heavy atom. The van der Waals surface area contributed by atoms with E-state index in [9.17, 15) is 0 Å². The molecule has 14 heavy (non-hydrogen) atoms. The fourth-order valence-electron chi connectivity index (χ4n) is 1.26. The maximum Gasteiger partial charge on any atom is 0.147 e. The Labute approximate surface area is 86.0 Å². The largest absolute Gasteiger partial charge is 0.382 e. The Balaban J connectivity index is 2.55. The van der Waals surface area contributed by atoms with Crippen LogP contribution in [0.1, 0.15) is 0 Å². The molecule has 0 atom stereocenters. The molecule has 0 bridgehead atoms. The SMILES string of the molecule is CNc1snc(N)c1-c1cccnc1. The minimum Gasteiger partial charge on any atom is -0.382 e. The number of rotatable bonds is 2. The standard InChI is InChI=1S/C9H10N4S/c1-11-9-7(8(10)13-14-9)6-3-2-4-12-5-6/h2-5,11H,1H3,(H2,10,13). The second-order valence-electron chi connectivity index (χ2n) is 2.76. The number of nitrogens with two attached hydrogens (primary N) is 1. The fraction of sp³-hybridized carbons (Fsp3) is 0.111. The molecule has 2 rings (SSSR count). The van der Waals surface area contributed by atoms with E-state index in [-0.39, 0.29) is 0 Å². The van der Waals surface area contributed by atoms with Crippen LogP contribution in [0.4, 0.5) is 10.8 Å². The highest BCUT2D eigenvalue weighted by atomic mass is 32.1. The lowest BCUT2D eigenvalue weighted by Gasteiger charge is -2.01. The minimum absolute atomic E-state index is 0.548. The van der Waals surface area contributed by atoms with Gasteiger partial charge in [-0.05, 0) is 17.6 Å². The van der Waals surface area contributed by atoms with E-state index in [0.29, 0.717) is 5.82 Å². The molecule has 72 valence electrons. The van der Waals surface area contributed by atoms with Gasteiger partial charge in [0.25, 0.3) is 0 Å². The van der Waals surface area contributed by atoms with Crippen LogP contribution >= 0.6 is 11.5 Å². The summed E-state index contributed by atoms with van der Waals surface area (Å²) in [4.78, 5) is 4.05. The van der Waals surface area contributed by atoms with Crippen molar-refractivity contribution in [3.63, 3.8) is 0 Å². The van der Waals surface area contributed by atoms with Gasteiger partial charge in [0, 0.05) is 25.0 Å². The zero-order valence-corrected chi connectivity index (χ0v) is 8.51. The van der Waals surface area contributed by atoms with E-state index in [1.807, 2.05) is 19.2 Å². The molecule has 3 N–H and O–H groups in total. The van der Waals surface area contributed by atoms with E-state index in [4.69, 9.17) is 5.73 Å². The Kier molecular flexibility index (Phi) is 2.32. The average molecular weight is 206 g/mol. The average Bonchev–Trinajstić information content (AvgIpc) is 2.61. The first-order chi connectivity index (χ1) is 6.83. The molecule has 2 aromatic rings. The summed E-state index contributed by atoms with van der Waals surface area (Å²) in [6.45, 7) is 0. The maximum atomic E-state index is 5.78. The molecule has 0 amide bonds. The molecule has 5 heteroatoms. The quantitative estimate of drug-likeness (QED) is 0.786. The normalized spacial score (nSPS) is 10.1. The van der Waals surface area contributed by atoms with Gasteiger partial charge in [0.1, 0.15) is 10.8 Å². The summed E-state index contributed by atoms with van der Waals surface area (Å²) in [5.41, 5.74) is 7.71. The Hall–Kier alpha value is -1.62. The Bertz CT molecular complexity index is 424. The molecular formula is C9H10N4S. The number of anilines is 2. The van der Waals surface area contributed by atoms with E-state index in [0.717, 1.165) is 16.1 Å². The highest BCUT2D eigenvalue weighted by Crippen LogP contribution is 2.35. The Morgan fingerprint density at radius 2 is 2.36 bits per heavy atom. The smallest absolute Gasteiger partial charge is 0.147 e. The third-order valence-corrected chi connectivity index (χ3v) is 2.77. The van der Waals surface area contributed by atoms with Crippen molar-refractivity contribution >= 4 is 22.4 Å². The van der Waals surface area contributed by atoms with Gasteiger partial charge >= 0.3 is 0 Å². The highest BCUT2D eigenvalue weighted by molar-refractivity contribution is 7.11. The van der Waals surface area contributed by atoms with Gasteiger partial charge < -0.3 is 11.1 Å². The minimum atomic E-state index is 0.548. The molecule has 4 nitrogen and oxygen atoms in total. The molecule has 0 saturated heterocycles. The fourth-order valence-corrected chi connectivity index (χ4v) is 1.95. The van der Waals surface area contributed by atoms with Crippen molar-refractivity contribution in [3.05, 3.63) is 24.5 Å². The van der Waals surface area contributed by atoms with Crippen LogP contribution in [-0.2, 0) is 0 Å². The van der Waals surface area contributed by atoms with Crippen LogP contribution in [0.25, 0.3) is 11.1 Å². The maximum absolute atomic E-state index is 5.78. The third-order valence-electron chi connectivity index (χ3n) is 1.90. The number of hydrogen-bond acceptors (Lipinski definition) is 5. The zero-order chi connectivity index (χ0) is 9.97. The lowest BCUT2D eigenvalue weighted by atomic mass is 10.1. The van der Waals surface area contributed by atoms with E-state index in [2.05, 4.69) is 14.7 Å². The predicted octanol–water partition coefficient (Wildman–Crippen LogP) is 1.83. The van der Waals surface area contributed by atoms with Gasteiger partial charge in [0.05, 0.1) is 5.56 Å². The van der Waals surface area contributed by atoms with Gasteiger partial charge in [-0.3, -0.25) is 4.98 Å². The predicted molar refractivity (Wildman–Crippen MR) is 59.3 cm³/mol. The van der Waals surface area contributed by atoms with Crippen LogP contribution in [0.15, 0.2) is 24.5 Å². The summed E-state index contributed by atoms with van der Waals surface area (Å²) in [5.74, 6) is 0.548.